The van der Waals surface area contributed by atoms with Crippen molar-refractivity contribution < 1.29 is 4.74 Å². The Morgan fingerprint density at radius 3 is 2.29 bits per heavy atom. The Kier molecular flexibility index (Phi) is 5.52. The van der Waals surface area contributed by atoms with Gasteiger partial charge in [-0.3, -0.25) is 4.40 Å². The molecular weight excluding hydrogens is 625 g/mol. The highest BCUT2D eigenvalue weighted by Gasteiger charge is 2.49. The molecular formula is C44H34BN5O. The van der Waals surface area contributed by atoms with Crippen LogP contribution in [0.3, 0.4) is 0 Å². The molecule has 6 nitrogen and oxygen atoms in total. The van der Waals surface area contributed by atoms with Crippen LogP contribution in [0, 0.1) is 0 Å². The standard InChI is InChI=1S/C44H34BN5O/c1-43(2)35-16-10-15-33-30-21-19-28(24-34(30)41-47-26-39(44(43,3)4)48(41)40(33)35)51-29-20-22-32-31-14-8-9-17-36(31)45-49(27-12-6-5-7-13-27)37-18-11-23-46-42(37)50(45)38(32)25-29/h5-26H,1-4H3. The predicted octanol–water partition coefficient (Wildman–Crippen LogP) is 10.1. The molecule has 0 saturated heterocycles. The molecule has 244 valence electrons. The van der Waals surface area contributed by atoms with E-state index in [2.05, 4.69) is 163 Å². The summed E-state index contributed by atoms with van der Waals surface area (Å²) in [5, 5.41) is 3.51. The van der Waals surface area contributed by atoms with Crippen molar-refractivity contribution in [3.8, 4) is 22.6 Å². The van der Waals surface area contributed by atoms with E-state index < -0.39 is 0 Å². The monoisotopic (exact) mass is 659 g/mol. The molecule has 3 aliphatic heterocycles. The van der Waals surface area contributed by atoms with Crippen LogP contribution in [0.15, 0.2) is 134 Å². The van der Waals surface area contributed by atoms with Crippen molar-refractivity contribution in [3.05, 3.63) is 145 Å². The minimum Gasteiger partial charge on any atom is -0.457 e. The number of pyridine rings is 2. The van der Waals surface area contributed by atoms with Crippen LogP contribution < -0.4 is 19.8 Å². The molecule has 11 rings (SSSR count). The van der Waals surface area contributed by atoms with E-state index in [0.717, 1.165) is 51.0 Å². The maximum atomic E-state index is 6.77. The topological polar surface area (TPSA) is 45.9 Å². The van der Waals surface area contributed by atoms with Crippen molar-refractivity contribution in [1.29, 1.82) is 0 Å². The number of para-hydroxylation sites is 2. The van der Waals surface area contributed by atoms with Gasteiger partial charge in [0.1, 0.15) is 23.0 Å². The molecule has 51 heavy (non-hydrogen) atoms. The van der Waals surface area contributed by atoms with E-state index in [1.165, 1.54) is 38.6 Å². The highest BCUT2D eigenvalue weighted by molar-refractivity contribution is 6.86. The van der Waals surface area contributed by atoms with E-state index in [1.54, 1.807) is 0 Å². The van der Waals surface area contributed by atoms with E-state index in [-0.39, 0.29) is 17.8 Å². The highest BCUT2D eigenvalue weighted by Crippen LogP contribution is 2.53. The summed E-state index contributed by atoms with van der Waals surface area (Å²) < 4.78 is 9.17. The summed E-state index contributed by atoms with van der Waals surface area (Å²) in [7, 11) is 0. The molecule has 8 aromatic rings. The van der Waals surface area contributed by atoms with Gasteiger partial charge in [0.2, 0.25) is 0 Å². The molecule has 3 aromatic heterocycles. The molecule has 0 radical (unpaired) electrons. The van der Waals surface area contributed by atoms with Gasteiger partial charge in [0.05, 0.1) is 11.2 Å². The average Bonchev–Trinajstić information content (AvgIpc) is 3.76. The van der Waals surface area contributed by atoms with Crippen LogP contribution in [-0.2, 0) is 10.8 Å². The average molecular weight is 660 g/mol. The third kappa shape index (κ3) is 3.63. The summed E-state index contributed by atoms with van der Waals surface area (Å²) in [6.45, 7) is 9.31. The molecule has 0 unspecified atom stereocenters. The molecule has 0 atom stereocenters. The molecule has 0 fully saturated rings. The Morgan fingerprint density at radius 1 is 0.608 bits per heavy atom. The second-order valence-electron chi connectivity index (χ2n) is 15.1. The predicted molar refractivity (Wildman–Crippen MR) is 209 cm³/mol. The molecule has 0 N–H and O–H groups in total. The van der Waals surface area contributed by atoms with E-state index in [0.29, 0.717) is 0 Å². The zero-order chi connectivity index (χ0) is 34.2. The first-order chi connectivity index (χ1) is 24.8. The number of nitrogens with zero attached hydrogens (tertiary/aromatic N) is 5. The number of fused-ring (bicyclic) bond motifs is 11. The lowest BCUT2D eigenvalue weighted by atomic mass is 9.59. The van der Waals surface area contributed by atoms with Crippen molar-refractivity contribution >= 4 is 62.6 Å². The molecule has 5 aromatic carbocycles. The summed E-state index contributed by atoms with van der Waals surface area (Å²) in [6.07, 6.45) is 3.97. The Hall–Kier alpha value is -6.08. The Morgan fingerprint density at radius 2 is 1.41 bits per heavy atom. The number of hydrogen-bond donors (Lipinski definition) is 0. The molecule has 6 heterocycles. The zero-order valence-electron chi connectivity index (χ0n) is 28.9. The lowest BCUT2D eigenvalue weighted by Crippen LogP contribution is -2.55. The van der Waals surface area contributed by atoms with E-state index in [9.17, 15) is 0 Å². The van der Waals surface area contributed by atoms with E-state index in [1.807, 2.05) is 12.3 Å². The van der Waals surface area contributed by atoms with Gasteiger partial charge in [-0.1, -0.05) is 88.4 Å². The Labute approximate surface area is 296 Å². The maximum absolute atomic E-state index is 6.77. The van der Waals surface area contributed by atoms with Crippen molar-refractivity contribution in [2.75, 3.05) is 9.62 Å². The van der Waals surface area contributed by atoms with Crippen molar-refractivity contribution in [1.82, 2.24) is 14.4 Å². The zero-order valence-corrected chi connectivity index (χ0v) is 28.9. The van der Waals surface area contributed by atoms with Crippen molar-refractivity contribution in [2.24, 2.45) is 0 Å². The molecule has 7 heteroatoms. The lowest BCUT2D eigenvalue weighted by molar-refractivity contribution is 0.288. The van der Waals surface area contributed by atoms with Crippen LogP contribution in [0.5, 0.6) is 11.5 Å². The van der Waals surface area contributed by atoms with Crippen LogP contribution in [-0.4, -0.2) is 21.4 Å². The Bertz CT molecular complexity index is 2770. The van der Waals surface area contributed by atoms with Crippen LogP contribution in [0.25, 0.3) is 38.4 Å². The SMILES string of the molecule is CC1(C)c2cccc3c4ccc(Oc5ccc6c(c5)N5B(c7ccccc7-6)N(c6ccccc6)c6cccnc65)cc4c4ncc(n4c23)C1(C)C. The fraction of sp³-hybridized carbons (Fsp3) is 0.136. The number of imidazole rings is 1. The molecule has 0 spiro atoms. The fourth-order valence-corrected chi connectivity index (χ4v) is 9.00. The maximum Gasteiger partial charge on any atom is 0.422 e. The summed E-state index contributed by atoms with van der Waals surface area (Å²) in [5.41, 5.74) is 11.6. The van der Waals surface area contributed by atoms with Gasteiger partial charge in [0, 0.05) is 62.7 Å². The number of hydrogen-bond acceptors (Lipinski definition) is 5. The number of rotatable bonds is 3. The van der Waals surface area contributed by atoms with Gasteiger partial charge in [-0.15, -0.1) is 0 Å². The first-order valence-corrected chi connectivity index (χ1v) is 17.7. The van der Waals surface area contributed by atoms with Crippen LogP contribution >= 0.6 is 0 Å². The Balaban J connectivity index is 1.07. The first kappa shape index (κ1) is 28.7. The van der Waals surface area contributed by atoms with Crippen molar-refractivity contribution in [3.63, 3.8) is 0 Å². The normalized spacial score (nSPS) is 16.0. The molecule has 0 amide bonds. The van der Waals surface area contributed by atoms with Gasteiger partial charge >= 0.3 is 6.98 Å². The third-order valence-corrected chi connectivity index (χ3v) is 12.2. The molecule has 0 bridgehead atoms. The summed E-state index contributed by atoms with van der Waals surface area (Å²) >= 11 is 0. The quantitative estimate of drug-likeness (QED) is 0.140. The van der Waals surface area contributed by atoms with Gasteiger partial charge in [0.25, 0.3) is 0 Å². The van der Waals surface area contributed by atoms with E-state index in [4.69, 9.17) is 14.7 Å². The summed E-state index contributed by atoms with van der Waals surface area (Å²) in [6, 6.07) is 43.2. The highest BCUT2D eigenvalue weighted by atomic mass is 16.5. The largest absolute Gasteiger partial charge is 0.457 e. The fourth-order valence-electron chi connectivity index (χ4n) is 9.00. The molecule has 3 aliphatic rings. The second kappa shape index (κ2) is 9.79. The number of aromatic nitrogens is 3. The van der Waals surface area contributed by atoms with E-state index >= 15 is 0 Å². The van der Waals surface area contributed by atoms with Gasteiger partial charge in [-0.2, -0.15) is 0 Å². The van der Waals surface area contributed by atoms with Crippen LogP contribution in [0.4, 0.5) is 22.9 Å². The minimum absolute atomic E-state index is 0.0539. The van der Waals surface area contributed by atoms with Crippen molar-refractivity contribution in [2.45, 2.75) is 38.5 Å². The summed E-state index contributed by atoms with van der Waals surface area (Å²) in [5.74, 6) is 2.48. The smallest absolute Gasteiger partial charge is 0.422 e. The number of ether oxygens (including phenoxy) is 1. The van der Waals surface area contributed by atoms with Crippen LogP contribution in [0.2, 0.25) is 0 Å². The first-order valence-electron chi connectivity index (χ1n) is 17.7. The second-order valence-corrected chi connectivity index (χ2v) is 15.1. The summed E-state index contributed by atoms with van der Waals surface area (Å²) in [4.78, 5) is 14.8. The molecule has 0 saturated carbocycles. The number of anilines is 4. The van der Waals surface area contributed by atoms with Gasteiger partial charge in [-0.05, 0) is 76.6 Å². The van der Waals surface area contributed by atoms with Gasteiger partial charge < -0.3 is 14.4 Å². The minimum atomic E-state index is -0.103. The third-order valence-electron chi connectivity index (χ3n) is 12.2. The molecule has 0 aliphatic carbocycles. The lowest BCUT2D eigenvalue weighted by Gasteiger charge is -2.45. The van der Waals surface area contributed by atoms with Gasteiger partial charge in [0.15, 0.2) is 0 Å². The van der Waals surface area contributed by atoms with Crippen LogP contribution in [0.1, 0.15) is 39.0 Å². The number of benzene rings is 5. The van der Waals surface area contributed by atoms with Gasteiger partial charge in [-0.25, -0.2) is 9.97 Å².